The number of piperidine rings is 1. The highest BCUT2D eigenvalue weighted by atomic mass is 35.5. The fourth-order valence-corrected chi connectivity index (χ4v) is 9.55. The highest BCUT2D eigenvalue weighted by Crippen LogP contribution is 2.42. The minimum Gasteiger partial charge on any atom is -0.434 e. The average Bonchev–Trinajstić information content (AvgIpc) is 3.31. The van der Waals surface area contributed by atoms with Crippen molar-refractivity contribution in [2.75, 3.05) is 76.9 Å². The fourth-order valence-electron chi connectivity index (χ4n) is 7.90. The van der Waals surface area contributed by atoms with Crippen LogP contribution in [0.4, 0.5) is 10.2 Å². The summed E-state index contributed by atoms with van der Waals surface area (Å²) in [6, 6.07) is 3.77. The maximum absolute atomic E-state index is 14.4. The second kappa shape index (κ2) is 15.7. The first-order chi connectivity index (χ1) is 23.0. The number of ether oxygens (including phenoxy) is 1. The van der Waals surface area contributed by atoms with Gasteiger partial charge in [0.25, 0.3) is 22.0 Å². The Morgan fingerprint density at radius 2 is 1.78 bits per heavy atom. The number of halogens is 2. The average molecular weight is 724 g/mol. The van der Waals surface area contributed by atoms with Gasteiger partial charge < -0.3 is 24.8 Å². The minimum absolute atomic E-state index is 0. The van der Waals surface area contributed by atoms with E-state index in [1.165, 1.54) is 24.5 Å². The van der Waals surface area contributed by atoms with Gasteiger partial charge in [-0.3, -0.25) is 4.79 Å². The standard InChI is InChI=1S/C33H50FN9O4S.ClH/c1-24(2)43(25(3)4)32(44)28-18-27(34)6-7-29(28)47-31-30(36-23-37-38-31)40-14-8-26(20-40)19-39-21-33(22-39)9-15-42(16-10-33)48(45,46)41-13-5-11-35-12-17-41;/h6-7,18,23-26,35H,5,8-17,19-22H2,1-4H3;1H/t26-;/m0./s1. The SMILES string of the molecule is CC(C)N(C(=O)c1cc(F)ccc1Oc1nncnc1N1CC[C@@H](CN2CC3(CCN(S(=O)(=O)N4CCCNCC4)CC3)C2)C1)C(C)C.Cl. The van der Waals surface area contributed by atoms with Crippen molar-refractivity contribution < 1.29 is 22.3 Å². The van der Waals surface area contributed by atoms with Crippen LogP contribution < -0.4 is 15.0 Å². The molecule has 0 radical (unpaired) electrons. The lowest BCUT2D eigenvalue weighted by molar-refractivity contribution is -0.0412. The van der Waals surface area contributed by atoms with Crippen LogP contribution in [0.5, 0.6) is 11.6 Å². The molecule has 1 amide bonds. The van der Waals surface area contributed by atoms with Crippen LogP contribution in [-0.4, -0.2) is 132 Å². The van der Waals surface area contributed by atoms with Crippen LogP contribution in [0.1, 0.15) is 63.7 Å². The third-order valence-electron chi connectivity index (χ3n) is 10.3. The first-order valence-electron chi connectivity index (χ1n) is 17.4. The molecule has 0 aliphatic carbocycles. The van der Waals surface area contributed by atoms with Crippen LogP contribution in [-0.2, 0) is 10.2 Å². The van der Waals surface area contributed by atoms with Gasteiger partial charge in [-0.25, -0.2) is 9.37 Å². The van der Waals surface area contributed by atoms with E-state index in [1.807, 2.05) is 27.7 Å². The summed E-state index contributed by atoms with van der Waals surface area (Å²) in [5.41, 5.74) is 0.329. The van der Waals surface area contributed by atoms with Crippen LogP contribution in [0.3, 0.4) is 0 Å². The quantitative estimate of drug-likeness (QED) is 0.391. The summed E-state index contributed by atoms with van der Waals surface area (Å²) in [6.45, 7) is 16.1. The lowest BCUT2D eigenvalue weighted by Gasteiger charge is -2.54. The molecule has 4 fully saturated rings. The molecule has 5 heterocycles. The van der Waals surface area contributed by atoms with Crippen molar-refractivity contribution in [2.24, 2.45) is 11.3 Å². The zero-order valence-corrected chi connectivity index (χ0v) is 30.7. The van der Waals surface area contributed by atoms with E-state index in [0.717, 1.165) is 65.0 Å². The molecule has 6 rings (SSSR count). The number of hydrogen-bond donors (Lipinski definition) is 1. The molecule has 0 bridgehead atoms. The Balaban J connectivity index is 0.00000468. The maximum atomic E-state index is 14.4. The van der Waals surface area contributed by atoms with Crippen molar-refractivity contribution in [1.29, 1.82) is 0 Å². The topological polar surface area (TPSA) is 127 Å². The van der Waals surface area contributed by atoms with Crippen molar-refractivity contribution in [3.8, 4) is 11.6 Å². The Labute approximate surface area is 296 Å². The van der Waals surface area contributed by atoms with Gasteiger partial charge in [0, 0.05) is 77.5 Å². The lowest BCUT2D eigenvalue weighted by atomic mass is 9.72. The molecule has 0 unspecified atom stereocenters. The summed E-state index contributed by atoms with van der Waals surface area (Å²) in [5.74, 6) is 0.529. The molecule has 1 aromatic heterocycles. The Hall–Kier alpha value is -2.69. The third-order valence-corrected chi connectivity index (χ3v) is 12.3. The molecular formula is C33H51ClFN9O4S. The molecule has 4 aliphatic rings. The van der Waals surface area contributed by atoms with E-state index < -0.39 is 16.0 Å². The number of nitrogens with zero attached hydrogens (tertiary/aromatic N) is 8. The smallest absolute Gasteiger partial charge is 0.282 e. The van der Waals surface area contributed by atoms with Crippen LogP contribution in [0, 0.1) is 17.2 Å². The number of amides is 1. The molecule has 16 heteroatoms. The monoisotopic (exact) mass is 723 g/mol. The number of hydrogen-bond acceptors (Lipinski definition) is 10. The summed E-state index contributed by atoms with van der Waals surface area (Å²) >= 11 is 0. The number of anilines is 1. The van der Waals surface area contributed by atoms with Crippen LogP contribution in [0.25, 0.3) is 0 Å². The summed E-state index contributed by atoms with van der Waals surface area (Å²) < 4.78 is 50.4. The van der Waals surface area contributed by atoms with E-state index >= 15 is 0 Å². The normalized spacial score (nSPS) is 22.2. The molecule has 13 nitrogen and oxygen atoms in total. The van der Waals surface area contributed by atoms with Crippen LogP contribution >= 0.6 is 12.4 Å². The number of benzene rings is 1. The first-order valence-corrected chi connectivity index (χ1v) is 18.8. The molecule has 2 aromatic rings. The molecule has 272 valence electrons. The number of aromatic nitrogens is 3. The van der Waals surface area contributed by atoms with E-state index in [9.17, 15) is 17.6 Å². The van der Waals surface area contributed by atoms with Gasteiger partial charge in [0.15, 0.2) is 5.82 Å². The largest absolute Gasteiger partial charge is 0.434 e. The van der Waals surface area contributed by atoms with Crippen LogP contribution in [0.15, 0.2) is 24.5 Å². The van der Waals surface area contributed by atoms with E-state index in [1.54, 1.807) is 13.5 Å². The summed E-state index contributed by atoms with van der Waals surface area (Å²) in [5, 5.41) is 11.5. The zero-order valence-electron chi connectivity index (χ0n) is 29.1. The number of carbonyl (C=O) groups is 1. The van der Waals surface area contributed by atoms with Crippen molar-refractivity contribution in [3.05, 3.63) is 35.9 Å². The molecule has 0 saturated carbocycles. The van der Waals surface area contributed by atoms with E-state index in [0.29, 0.717) is 44.5 Å². The van der Waals surface area contributed by atoms with Gasteiger partial charge in [-0.2, -0.15) is 17.0 Å². The van der Waals surface area contributed by atoms with Crippen LogP contribution in [0.2, 0.25) is 0 Å². The fraction of sp³-hybridized carbons (Fsp3) is 0.697. The van der Waals surface area contributed by atoms with Gasteiger partial charge in [0.2, 0.25) is 0 Å². The second-order valence-electron chi connectivity index (χ2n) is 14.4. The van der Waals surface area contributed by atoms with Crippen molar-refractivity contribution >= 4 is 34.3 Å². The molecule has 1 N–H and O–H groups in total. The molecule has 1 atom stereocenters. The van der Waals surface area contributed by atoms with Crippen molar-refractivity contribution in [3.63, 3.8) is 0 Å². The maximum Gasteiger partial charge on any atom is 0.282 e. The first kappa shape index (κ1) is 37.6. The number of rotatable bonds is 10. The van der Waals surface area contributed by atoms with E-state index in [2.05, 4.69) is 30.3 Å². The van der Waals surface area contributed by atoms with E-state index in [-0.39, 0.29) is 53.0 Å². The molecule has 1 spiro atoms. The number of nitrogens with one attached hydrogen (secondary N) is 1. The molecule has 49 heavy (non-hydrogen) atoms. The number of likely N-dealkylation sites (tertiary alicyclic amines) is 1. The summed E-state index contributed by atoms with van der Waals surface area (Å²) in [7, 11) is -3.40. The third kappa shape index (κ3) is 8.28. The minimum atomic E-state index is -3.40. The van der Waals surface area contributed by atoms with Crippen molar-refractivity contribution in [1.82, 2.24) is 38.9 Å². The van der Waals surface area contributed by atoms with Gasteiger partial charge in [0.1, 0.15) is 17.9 Å². The van der Waals surface area contributed by atoms with Gasteiger partial charge in [-0.1, -0.05) is 0 Å². The summed E-state index contributed by atoms with van der Waals surface area (Å²) in [4.78, 5) is 24.4. The molecule has 4 saturated heterocycles. The Kier molecular flexibility index (Phi) is 12.0. The van der Waals surface area contributed by atoms with E-state index in [4.69, 9.17) is 4.74 Å². The predicted molar refractivity (Wildman–Crippen MR) is 188 cm³/mol. The summed E-state index contributed by atoms with van der Waals surface area (Å²) in [6.07, 6.45) is 5.03. The highest BCUT2D eigenvalue weighted by Gasteiger charge is 2.47. The number of carbonyl (C=O) groups excluding carboxylic acids is 1. The second-order valence-corrected chi connectivity index (χ2v) is 16.3. The van der Waals surface area contributed by atoms with Gasteiger partial charge in [-0.15, -0.1) is 22.6 Å². The molecular weight excluding hydrogens is 673 g/mol. The van der Waals surface area contributed by atoms with Crippen molar-refractivity contribution in [2.45, 2.75) is 65.5 Å². The Morgan fingerprint density at radius 3 is 2.49 bits per heavy atom. The lowest BCUT2D eigenvalue weighted by Crippen LogP contribution is -2.62. The zero-order chi connectivity index (χ0) is 34.1. The molecule has 4 aliphatic heterocycles. The predicted octanol–water partition coefficient (Wildman–Crippen LogP) is 3.25. The Morgan fingerprint density at radius 1 is 1.06 bits per heavy atom. The van der Waals surface area contributed by atoms with Gasteiger partial charge >= 0.3 is 0 Å². The van der Waals surface area contributed by atoms with Gasteiger partial charge in [0.05, 0.1) is 5.56 Å². The van der Waals surface area contributed by atoms with Gasteiger partial charge in [-0.05, 0) is 89.5 Å². The Bertz CT molecular complexity index is 1540. The highest BCUT2D eigenvalue weighted by molar-refractivity contribution is 7.86. The molecule has 1 aromatic carbocycles.